The van der Waals surface area contributed by atoms with Gasteiger partial charge in [-0.2, -0.15) is 5.10 Å². The molecule has 6 heteroatoms. The quantitative estimate of drug-likeness (QED) is 0.735. The summed E-state index contributed by atoms with van der Waals surface area (Å²) in [6.07, 6.45) is 0.568. The molecule has 1 amide bonds. The largest absolute Gasteiger partial charge is 0.444 e. The van der Waals surface area contributed by atoms with Crippen molar-refractivity contribution in [1.82, 2.24) is 14.7 Å². The number of hydrogen-bond acceptors (Lipinski definition) is 3. The zero-order chi connectivity index (χ0) is 14.2. The Kier molecular flexibility index (Phi) is 3.90. The Hall–Kier alpha value is -1.04. The highest BCUT2D eigenvalue weighted by molar-refractivity contribution is 9.10. The third kappa shape index (κ3) is 3.29. The first-order chi connectivity index (χ1) is 8.78. The van der Waals surface area contributed by atoms with Crippen LogP contribution >= 0.6 is 15.9 Å². The van der Waals surface area contributed by atoms with Gasteiger partial charge in [0, 0.05) is 30.8 Å². The number of ether oxygens (including phenoxy) is 1. The summed E-state index contributed by atoms with van der Waals surface area (Å²) in [5, 5.41) is 4.43. The van der Waals surface area contributed by atoms with Gasteiger partial charge >= 0.3 is 6.09 Å². The van der Waals surface area contributed by atoms with Gasteiger partial charge < -0.3 is 9.64 Å². The Morgan fingerprint density at radius 2 is 2.00 bits per heavy atom. The van der Waals surface area contributed by atoms with E-state index in [0.717, 1.165) is 16.6 Å². The topological polar surface area (TPSA) is 47.4 Å². The van der Waals surface area contributed by atoms with Crippen LogP contribution in [0, 0.1) is 6.92 Å². The summed E-state index contributed by atoms with van der Waals surface area (Å²) in [6, 6.07) is 0. The molecule has 0 unspecified atom stereocenters. The third-order valence-electron chi connectivity index (χ3n) is 3.11. The smallest absolute Gasteiger partial charge is 0.410 e. The zero-order valence-corrected chi connectivity index (χ0v) is 13.5. The molecule has 1 aromatic rings. The molecule has 1 aromatic heterocycles. The first-order valence-electron chi connectivity index (χ1n) is 6.47. The van der Waals surface area contributed by atoms with E-state index in [1.54, 1.807) is 4.90 Å². The molecule has 2 heterocycles. The minimum absolute atomic E-state index is 0.241. The molecule has 0 bridgehead atoms. The standard InChI is InChI=1S/C13H20BrN3O2/c1-9-10-5-6-16(12(18)19-13(2,3)4)7-8-17(10)15-11(9)14/h5-8H2,1-4H3. The summed E-state index contributed by atoms with van der Waals surface area (Å²) in [4.78, 5) is 13.8. The Morgan fingerprint density at radius 1 is 1.32 bits per heavy atom. The van der Waals surface area contributed by atoms with Crippen molar-refractivity contribution < 1.29 is 9.53 Å². The molecule has 5 nitrogen and oxygen atoms in total. The van der Waals surface area contributed by atoms with Crippen molar-refractivity contribution in [1.29, 1.82) is 0 Å². The van der Waals surface area contributed by atoms with Crippen molar-refractivity contribution in [3.8, 4) is 0 Å². The number of rotatable bonds is 0. The second-order valence-electron chi connectivity index (χ2n) is 5.80. The maximum atomic E-state index is 12.1. The summed E-state index contributed by atoms with van der Waals surface area (Å²) >= 11 is 3.45. The van der Waals surface area contributed by atoms with Gasteiger partial charge in [0.15, 0.2) is 0 Å². The molecule has 19 heavy (non-hydrogen) atoms. The SMILES string of the molecule is Cc1c(Br)nn2c1CCN(C(=O)OC(C)(C)C)CC2. The van der Waals surface area contributed by atoms with E-state index in [2.05, 4.69) is 21.0 Å². The van der Waals surface area contributed by atoms with Gasteiger partial charge in [0.1, 0.15) is 10.2 Å². The maximum Gasteiger partial charge on any atom is 0.410 e. The molecule has 106 valence electrons. The molecule has 0 radical (unpaired) electrons. The highest BCUT2D eigenvalue weighted by atomic mass is 79.9. The van der Waals surface area contributed by atoms with Crippen molar-refractivity contribution in [2.24, 2.45) is 0 Å². The van der Waals surface area contributed by atoms with Crippen molar-refractivity contribution in [2.75, 3.05) is 13.1 Å². The lowest BCUT2D eigenvalue weighted by molar-refractivity contribution is 0.0253. The monoisotopic (exact) mass is 329 g/mol. The minimum Gasteiger partial charge on any atom is -0.444 e. The van der Waals surface area contributed by atoms with Crippen LogP contribution < -0.4 is 0 Å². The van der Waals surface area contributed by atoms with Crippen LogP contribution in [-0.4, -0.2) is 39.5 Å². The van der Waals surface area contributed by atoms with Gasteiger partial charge in [-0.15, -0.1) is 0 Å². The molecule has 0 N–H and O–H groups in total. The number of halogens is 1. The number of carbonyl (C=O) groups excluding carboxylic acids is 1. The van der Waals surface area contributed by atoms with Crippen LogP contribution in [0.4, 0.5) is 4.79 Å². The number of amides is 1. The van der Waals surface area contributed by atoms with Crippen LogP contribution in [0.3, 0.4) is 0 Å². The van der Waals surface area contributed by atoms with E-state index in [-0.39, 0.29) is 6.09 Å². The fraction of sp³-hybridized carbons (Fsp3) is 0.692. The normalized spacial score (nSPS) is 15.9. The number of fused-ring (bicyclic) bond motifs is 1. The van der Waals surface area contributed by atoms with Gasteiger partial charge in [0.05, 0.1) is 6.54 Å². The van der Waals surface area contributed by atoms with Crippen molar-refractivity contribution in [2.45, 2.75) is 46.3 Å². The van der Waals surface area contributed by atoms with Gasteiger partial charge in [0.25, 0.3) is 0 Å². The highest BCUT2D eigenvalue weighted by Crippen LogP contribution is 2.22. The summed E-state index contributed by atoms with van der Waals surface area (Å²) < 4.78 is 8.28. The lowest BCUT2D eigenvalue weighted by Crippen LogP contribution is -2.38. The fourth-order valence-electron chi connectivity index (χ4n) is 2.13. The Bertz CT molecular complexity index is 491. The molecule has 0 fully saturated rings. The molecule has 0 saturated heterocycles. The minimum atomic E-state index is -0.449. The van der Waals surface area contributed by atoms with Gasteiger partial charge in [0.2, 0.25) is 0 Å². The summed E-state index contributed by atoms with van der Waals surface area (Å²) in [5.41, 5.74) is 1.90. The van der Waals surface area contributed by atoms with E-state index in [9.17, 15) is 4.79 Å². The Balaban J connectivity index is 2.06. The van der Waals surface area contributed by atoms with Gasteiger partial charge in [-0.3, -0.25) is 4.68 Å². The first-order valence-corrected chi connectivity index (χ1v) is 7.27. The lowest BCUT2D eigenvalue weighted by atomic mass is 10.2. The number of carbonyl (C=O) groups is 1. The molecule has 0 spiro atoms. The second-order valence-corrected chi connectivity index (χ2v) is 6.55. The third-order valence-corrected chi connectivity index (χ3v) is 3.87. The number of aromatic nitrogens is 2. The predicted molar refractivity (Wildman–Crippen MR) is 76.2 cm³/mol. The van der Waals surface area contributed by atoms with Crippen LogP contribution in [-0.2, 0) is 17.7 Å². The van der Waals surface area contributed by atoms with E-state index in [1.165, 1.54) is 5.69 Å². The average Bonchev–Trinajstić information content (AvgIpc) is 2.48. The lowest BCUT2D eigenvalue weighted by Gasteiger charge is -2.26. The molecule has 0 saturated carbocycles. The van der Waals surface area contributed by atoms with Crippen molar-refractivity contribution in [3.05, 3.63) is 15.9 Å². The van der Waals surface area contributed by atoms with Crippen LogP contribution in [0.15, 0.2) is 4.60 Å². The Labute approximate surface area is 122 Å². The van der Waals surface area contributed by atoms with E-state index < -0.39 is 5.60 Å². The first kappa shape index (κ1) is 14.4. The van der Waals surface area contributed by atoms with Crippen LogP contribution in [0.2, 0.25) is 0 Å². The summed E-state index contributed by atoms with van der Waals surface area (Å²) in [7, 11) is 0. The van der Waals surface area contributed by atoms with E-state index in [0.29, 0.717) is 19.6 Å². The molecule has 1 aliphatic heterocycles. The van der Waals surface area contributed by atoms with E-state index in [1.807, 2.05) is 32.4 Å². The second kappa shape index (κ2) is 5.15. The van der Waals surface area contributed by atoms with E-state index >= 15 is 0 Å². The number of nitrogens with zero attached hydrogens (tertiary/aromatic N) is 3. The van der Waals surface area contributed by atoms with Crippen molar-refractivity contribution in [3.63, 3.8) is 0 Å². The summed E-state index contributed by atoms with van der Waals surface area (Å²) in [6.45, 7) is 9.72. The van der Waals surface area contributed by atoms with Crippen LogP contribution in [0.1, 0.15) is 32.0 Å². The van der Waals surface area contributed by atoms with Gasteiger partial charge in [-0.25, -0.2) is 4.79 Å². The van der Waals surface area contributed by atoms with Gasteiger partial charge in [-0.1, -0.05) is 0 Å². The molecule has 1 aliphatic rings. The molecule has 2 rings (SSSR count). The van der Waals surface area contributed by atoms with E-state index in [4.69, 9.17) is 4.74 Å². The number of hydrogen-bond donors (Lipinski definition) is 0. The predicted octanol–water partition coefficient (Wildman–Crippen LogP) is 2.75. The molecular formula is C13H20BrN3O2. The van der Waals surface area contributed by atoms with Gasteiger partial charge in [-0.05, 0) is 43.6 Å². The fourth-order valence-corrected chi connectivity index (χ4v) is 2.55. The zero-order valence-electron chi connectivity index (χ0n) is 11.9. The molecular weight excluding hydrogens is 310 g/mol. The van der Waals surface area contributed by atoms with Crippen molar-refractivity contribution >= 4 is 22.0 Å². The van der Waals surface area contributed by atoms with Crippen LogP contribution in [0.5, 0.6) is 0 Å². The summed E-state index contributed by atoms with van der Waals surface area (Å²) in [5.74, 6) is 0. The average molecular weight is 330 g/mol. The van der Waals surface area contributed by atoms with Crippen LogP contribution in [0.25, 0.3) is 0 Å². The Morgan fingerprint density at radius 3 is 2.63 bits per heavy atom. The molecule has 0 aromatic carbocycles. The molecule has 0 atom stereocenters. The maximum absolute atomic E-state index is 12.1. The highest BCUT2D eigenvalue weighted by Gasteiger charge is 2.25. The molecule has 0 aliphatic carbocycles.